The Balaban J connectivity index is 0.00000144. The highest BCUT2D eigenvalue weighted by Crippen LogP contribution is 2.48. The highest BCUT2D eigenvalue weighted by Gasteiger charge is 2.41. The minimum absolute atomic E-state index is 0. The Morgan fingerprint density at radius 2 is 2.18 bits per heavy atom. The zero-order chi connectivity index (χ0) is 11.4. The lowest BCUT2D eigenvalue weighted by atomic mass is 10.00. The summed E-state index contributed by atoms with van der Waals surface area (Å²) in [4.78, 5) is 11.9. The topological polar surface area (TPSA) is 41.1 Å². The number of hydrogen-bond donors (Lipinski definition) is 2. The van der Waals surface area contributed by atoms with Gasteiger partial charge in [0, 0.05) is 6.54 Å². The fourth-order valence-corrected chi connectivity index (χ4v) is 2.70. The average Bonchev–Trinajstić information content (AvgIpc) is 3.08. The summed E-state index contributed by atoms with van der Waals surface area (Å²) in [6.07, 6.45) is 8.52. The van der Waals surface area contributed by atoms with E-state index in [-0.39, 0.29) is 24.4 Å². The lowest BCUT2D eigenvalue weighted by Gasteiger charge is -2.24. The summed E-state index contributed by atoms with van der Waals surface area (Å²) < 4.78 is 0. The largest absolute Gasteiger partial charge is 0.354 e. The lowest BCUT2D eigenvalue weighted by molar-refractivity contribution is -0.123. The molecule has 1 atom stereocenters. The standard InChI is InChI=1S/C13H24N2O.ClH/c1-2-6-13(7-8-13)10-15-12(16)11-5-3-4-9-14-11;/h11,14H,2-10H2,1H3,(H,15,16);1H/t11-;/m0./s1. The molecule has 3 nitrogen and oxygen atoms in total. The van der Waals surface area contributed by atoms with Gasteiger partial charge in [-0.25, -0.2) is 0 Å². The molecule has 0 bridgehead atoms. The van der Waals surface area contributed by atoms with Gasteiger partial charge in [0.2, 0.25) is 5.91 Å². The lowest BCUT2D eigenvalue weighted by Crippen LogP contribution is -2.47. The summed E-state index contributed by atoms with van der Waals surface area (Å²) in [5.74, 6) is 0.224. The van der Waals surface area contributed by atoms with Crippen LogP contribution in [0.15, 0.2) is 0 Å². The van der Waals surface area contributed by atoms with Crippen LogP contribution in [0.1, 0.15) is 51.9 Å². The average molecular weight is 261 g/mol. The highest BCUT2D eigenvalue weighted by molar-refractivity contribution is 5.85. The third-order valence-electron chi connectivity index (χ3n) is 4.00. The third kappa shape index (κ3) is 4.14. The number of hydrogen-bond acceptors (Lipinski definition) is 2. The molecule has 17 heavy (non-hydrogen) atoms. The minimum Gasteiger partial charge on any atom is -0.354 e. The van der Waals surface area contributed by atoms with Crippen molar-refractivity contribution in [1.29, 1.82) is 0 Å². The molecular weight excluding hydrogens is 236 g/mol. The first-order chi connectivity index (χ1) is 7.76. The van der Waals surface area contributed by atoms with Crippen LogP contribution in [0, 0.1) is 5.41 Å². The maximum absolute atomic E-state index is 11.9. The van der Waals surface area contributed by atoms with Gasteiger partial charge in [0.05, 0.1) is 6.04 Å². The molecule has 1 amide bonds. The second kappa shape index (κ2) is 6.60. The molecule has 0 radical (unpaired) electrons. The normalized spacial score (nSPS) is 25.8. The van der Waals surface area contributed by atoms with Crippen molar-refractivity contribution in [1.82, 2.24) is 10.6 Å². The summed E-state index contributed by atoms with van der Waals surface area (Å²) in [5, 5.41) is 6.43. The second-order valence-electron chi connectivity index (χ2n) is 5.47. The zero-order valence-corrected chi connectivity index (χ0v) is 11.6. The van der Waals surface area contributed by atoms with Gasteiger partial charge < -0.3 is 10.6 Å². The quantitative estimate of drug-likeness (QED) is 0.796. The molecule has 2 rings (SSSR count). The van der Waals surface area contributed by atoms with Crippen molar-refractivity contribution in [2.75, 3.05) is 13.1 Å². The van der Waals surface area contributed by atoms with Crippen molar-refractivity contribution in [2.24, 2.45) is 5.41 Å². The molecule has 1 aliphatic heterocycles. The van der Waals surface area contributed by atoms with Gasteiger partial charge in [-0.05, 0) is 44.1 Å². The Morgan fingerprint density at radius 3 is 2.71 bits per heavy atom. The molecule has 4 heteroatoms. The Kier molecular flexibility index (Phi) is 5.74. The van der Waals surface area contributed by atoms with E-state index in [0.717, 1.165) is 19.5 Å². The molecule has 2 N–H and O–H groups in total. The van der Waals surface area contributed by atoms with Crippen LogP contribution in [-0.2, 0) is 4.79 Å². The van der Waals surface area contributed by atoms with Gasteiger partial charge >= 0.3 is 0 Å². The van der Waals surface area contributed by atoms with Crippen molar-refractivity contribution in [3.05, 3.63) is 0 Å². The first kappa shape index (κ1) is 14.8. The number of rotatable bonds is 5. The third-order valence-corrected chi connectivity index (χ3v) is 4.00. The van der Waals surface area contributed by atoms with E-state index >= 15 is 0 Å². The molecule has 0 aromatic heterocycles. The highest BCUT2D eigenvalue weighted by atomic mass is 35.5. The summed E-state index contributed by atoms with van der Waals surface area (Å²) in [5.41, 5.74) is 0.471. The maximum atomic E-state index is 11.9. The fourth-order valence-electron chi connectivity index (χ4n) is 2.70. The number of piperidine rings is 1. The molecule has 1 heterocycles. The number of carbonyl (C=O) groups is 1. The predicted molar refractivity (Wildman–Crippen MR) is 72.5 cm³/mol. The van der Waals surface area contributed by atoms with E-state index in [1.165, 1.54) is 38.5 Å². The first-order valence-electron chi connectivity index (χ1n) is 6.77. The van der Waals surface area contributed by atoms with Gasteiger partial charge in [-0.3, -0.25) is 4.79 Å². The number of amides is 1. The predicted octanol–water partition coefficient (Wildman–Crippen LogP) is 2.25. The van der Waals surface area contributed by atoms with Crippen LogP contribution in [0.4, 0.5) is 0 Å². The van der Waals surface area contributed by atoms with Crippen LogP contribution in [0.25, 0.3) is 0 Å². The summed E-state index contributed by atoms with van der Waals surface area (Å²) in [6, 6.07) is 0.0752. The van der Waals surface area contributed by atoms with Crippen molar-refractivity contribution in [3.63, 3.8) is 0 Å². The van der Waals surface area contributed by atoms with Crippen molar-refractivity contribution >= 4 is 18.3 Å². The van der Waals surface area contributed by atoms with Gasteiger partial charge in [0.15, 0.2) is 0 Å². The number of halogens is 1. The van der Waals surface area contributed by atoms with E-state index in [0.29, 0.717) is 5.41 Å². The fraction of sp³-hybridized carbons (Fsp3) is 0.923. The van der Waals surface area contributed by atoms with E-state index in [9.17, 15) is 4.79 Å². The molecule has 0 aromatic carbocycles. The smallest absolute Gasteiger partial charge is 0.237 e. The Labute approximate surface area is 111 Å². The van der Waals surface area contributed by atoms with Gasteiger partial charge in [0.1, 0.15) is 0 Å². The molecule has 1 aliphatic carbocycles. The van der Waals surface area contributed by atoms with E-state index in [1.54, 1.807) is 0 Å². The summed E-state index contributed by atoms with van der Waals surface area (Å²) in [7, 11) is 0. The molecule has 0 aromatic rings. The summed E-state index contributed by atoms with van der Waals surface area (Å²) in [6.45, 7) is 4.13. The number of nitrogens with one attached hydrogen (secondary N) is 2. The van der Waals surface area contributed by atoms with Crippen molar-refractivity contribution in [2.45, 2.75) is 57.9 Å². The van der Waals surface area contributed by atoms with Crippen LogP contribution in [0.3, 0.4) is 0 Å². The monoisotopic (exact) mass is 260 g/mol. The van der Waals surface area contributed by atoms with Crippen LogP contribution in [0.5, 0.6) is 0 Å². The second-order valence-corrected chi connectivity index (χ2v) is 5.47. The van der Waals surface area contributed by atoms with Crippen LogP contribution < -0.4 is 10.6 Å². The van der Waals surface area contributed by atoms with Crippen molar-refractivity contribution < 1.29 is 4.79 Å². The van der Waals surface area contributed by atoms with E-state index < -0.39 is 0 Å². The Morgan fingerprint density at radius 1 is 1.41 bits per heavy atom. The molecule has 0 unspecified atom stereocenters. The molecule has 100 valence electrons. The minimum atomic E-state index is 0. The Hall–Kier alpha value is -0.280. The van der Waals surface area contributed by atoms with Gasteiger partial charge in [-0.1, -0.05) is 19.8 Å². The maximum Gasteiger partial charge on any atom is 0.237 e. The molecule has 2 fully saturated rings. The zero-order valence-electron chi connectivity index (χ0n) is 10.8. The molecule has 1 saturated heterocycles. The molecule has 1 saturated carbocycles. The first-order valence-corrected chi connectivity index (χ1v) is 6.77. The number of carbonyl (C=O) groups excluding carboxylic acids is 1. The van der Waals surface area contributed by atoms with Gasteiger partial charge in [-0.15, -0.1) is 12.4 Å². The van der Waals surface area contributed by atoms with E-state index in [2.05, 4.69) is 17.6 Å². The van der Waals surface area contributed by atoms with Crippen LogP contribution >= 0.6 is 12.4 Å². The van der Waals surface area contributed by atoms with Crippen molar-refractivity contribution in [3.8, 4) is 0 Å². The van der Waals surface area contributed by atoms with Crippen LogP contribution in [-0.4, -0.2) is 25.0 Å². The van der Waals surface area contributed by atoms with Gasteiger partial charge in [0.25, 0.3) is 0 Å². The molecule has 0 spiro atoms. The van der Waals surface area contributed by atoms with Crippen LogP contribution in [0.2, 0.25) is 0 Å². The van der Waals surface area contributed by atoms with Gasteiger partial charge in [-0.2, -0.15) is 0 Å². The van der Waals surface area contributed by atoms with E-state index in [4.69, 9.17) is 0 Å². The molecular formula is C13H25ClN2O. The SMILES string of the molecule is CCCC1(CNC(=O)[C@@H]2CCCCN2)CC1.Cl. The van der Waals surface area contributed by atoms with E-state index in [1.807, 2.05) is 0 Å². The Bertz CT molecular complexity index is 248. The summed E-state index contributed by atoms with van der Waals surface area (Å²) >= 11 is 0. The molecule has 2 aliphatic rings.